The van der Waals surface area contributed by atoms with Crippen molar-refractivity contribution in [2.24, 2.45) is 0 Å². The highest BCUT2D eigenvalue weighted by atomic mass is 16.5. The first-order valence-corrected chi connectivity index (χ1v) is 17.8. The molecule has 0 aliphatic carbocycles. The Morgan fingerprint density at radius 2 is 1.69 bits per heavy atom. The van der Waals surface area contributed by atoms with E-state index in [0.29, 0.717) is 49.1 Å². The van der Waals surface area contributed by atoms with Gasteiger partial charge in [-0.1, -0.05) is 30.3 Å². The van der Waals surface area contributed by atoms with E-state index in [2.05, 4.69) is 64.6 Å². The molecule has 0 saturated carbocycles. The van der Waals surface area contributed by atoms with Gasteiger partial charge < -0.3 is 38.2 Å². The van der Waals surface area contributed by atoms with Crippen LogP contribution in [0.2, 0.25) is 0 Å². The molecular weight excluding hydrogens is 644 g/mol. The Morgan fingerprint density at radius 1 is 0.902 bits per heavy atom. The third-order valence-corrected chi connectivity index (χ3v) is 10.7. The molecule has 2 fully saturated rings. The average molecular weight is 695 g/mol. The number of carbonyl (C=O) groups excluding carboxylic acids is 1. The Bertz CT molecular complexity index is 1860. The Kier molecular flexibility index (Phi) is 11.3. The van der Waals surface area contributed by atoms with Gasteiger partial charge in [0.2, 0.25) is 11.7 Å². The minimum absolute atomic E-state index is 0.0358. The number of likely N-dealkylation sites (tertiary alicyclic amines) is 1. The summed E-state index contributed by atoms with van der Waals surface area (Å²) in [7, 11) is 4.70. The maximum Gasteiger partial charge on any atom is 0.254 e. The number of hydrogen-bond donors (Lipinski definition) is 0. The van der Waals surface area contributed by atoms with Gasteiger partial charge in [0, 0.05) is 50.2 Å². The molecule has 2 aliphatic heterocycles. The lowest BCUT2D eigenvalue weighted by Gasteiger charge is -2.33. The summed E-state index contributed by atoms with van der Waals surface area (Å²) >= 11 is 0. The summed E-state index contributed by atoms with van der Waals surface area (Å²) in [6.07, 6.45) is 2.86. The molecule has 270 valence electrons. The number of fused-ring (bicyclic) bond motifs is 1. The second-order valence-electron chi connectivity index (χ2n) is 13.7. The minimum Gasteiger partial charge on any atom is -0.493 e. The number of aryl methyl sites for hydroxylation is 2. The minimum atomic E-state index is -0.168. The molecule has 1 amide bonds. The summed E-state index contributed by atoms with van der Waals surface area (Å²) in [6, 6.07) is 20.6. The van der Waals surface area contributed by atoms with E-state index in [1.807, 2.05) is 17.0 Å². The highest BCUT2D eigenvalue weighted by Gasteiger charge is 2.42. The fraction of sp³-hybridized carbons (Fsp3) is 0.475. The molecule has 6 rings (SSSR count). The topological polar surface area (TPSA) is 105 Å². The van der Waals surface area contributed by atoms with Gasteiger partial charge in [0.25, 0.3) is 5.91 Å². The molecule has 11 nitrogen and oxygen atoms in total. The predicted octanol–water partition coefficient (Wildman–Crippen LogP) is 5.61. The Balaban J connectivity index is 1.19. The molecule has 51 heavy (non-hydrogen) atoms. The van der Waals surface area contributed by atoms with E-state index in [4.69, 9.17) is 29.2 Å². The lowest BCUT2D eigenvalue weighted by atomic mass is 9.76. The zero-order valence-corrected chi connectivity index (χ0v) is 30.6. The number of aromatic nitrogens is 2. The van der Waals surface area contributed by atoms with Gasteiger partial charge in [0.05, 0.1) is 45.0 Å². The second-order valence-corrected chi connectivity index (χ2v) is 13.7. The van der Waals surface area contributed by atoms with Crippen LogP contribution in [0.15, 0.2) is 54.6 Å². The van der Waals surface area contributed by atoms with Crippen molar-refractivity contribution < 1.29 is 23.7 Å². The van der Waals surface area contributed by atoms with Gasteiger partial charge >= 0.3 is 0 Å². The SMILES string of the molecule is COc1cc(C(=O)N2CCC(CCN3CCCN(c4nc5ccccc5n4CCOCC#N)CC3)(c3ccc(C)c(C)c3)C2)cc(OC)c1OC. The molecule has 0 spiro atoms. The van der Waals surface area contributed by atoms with E-state index < -0.39 is 0 Å². The van der Waals surface area contributed by atoms with Crippen LogP contribution in [0.5, 0.6) is 17.2 Å². The molecule has 11 heteroatoms. The van der Waals surface area contributed by atoms with Gasteiger partial charge in [-0.3, -0.25) is 4.79 Å². The number of carbonyl (C=O) groups is 1. The Labute approximate surface area is 301 Å². The van der Waals surface area contributed by atoms with E-state index in [-0.39, 0.29) is 17.9 Å². The number of nitriles is 1. The van der Waals surface area contributed by atoms with Crippen molar-refractivity contribution in [3.05, 3.63) is 76.9 Å². The highest BCUT2D eigenvalue weighted by molar-refractivity contribution is 5.96. The first-order valence-electron chi connectivity index (χ1n) is 17.8. The zero-order valence-electron chi connectivity index (χ0n) is 30.6. The average Bonchev–Trinajstić information content (AvgIpc) is 3.67. The molecule has 3 heterocycles. The number of benzene rings is 3. The highest BCUT2D eigenvalue weighted by Crippen LogP contribution is 2.42. The number of anilines is 1. The van der Waals surface area contributed by atoms with Crippen molar-refractivity contribution in [2.45, 2.75) is 45.1 Å². The van der Waals surface area contributed by atoms with Gasteiger partial charge in [-0.15, -0.1) is 0 Å². The normalized spacial score (nSPS) is 18.1. The first kappa shape index (κ1) is 36.0. The van der Waals surface area contributed by atoms with Crippen LogP contribution >= 0.6 is 0 Å². The van der Waals surface area contributed by atoms with Crippen LogP contribution in [0.25, 0.3) is 11.0 Å². The quantitative estimate of drug-likeness (QED) is 0.165. The van der Waals surface area contributed by atoms with Crippen LogP contribution < -0.4 is 19.1 Å². The summed E-state index contributed by atoms with van der Waals surface area (Å²) < 4.78 is 24.4. The summed E-state index contributed by atoms with van der Waals surface area (Å²) in [4.78, 5) is 26.1. The molecule has 0 radical (unpaired) electrons. The Hall–Kier alpha value is -4.79. The molecule has 1 unspecified atom stereocenters. The maximum atomic E-state index is 14.1. The fourth-order valence-electron chi connectivity index (χ4n) is 7.65. The monoisotopic (exact) mass is 694 g/mol. The lowest BCUT2D eigenvalue weighted by Crippen LogP contribution is -2.39. The number of nitrogens with zero attached hydrogens (tertiary/aromatic N) is 6. The number of rotatable bonds is 13. The fourth-order valence-corrected chi connectivity index (χ4v) is 7.65. The number of amides is 1. The van der Waals surface area contributed by atoms with Crippen molar-refractivity contribution in [1.82, 2.24) is 19.4 Å². The van der Waals surface area contributed by atoms with E-state index in [1.54, 1.807) is 33.5 Å². The molecule has 0 N–H and O–H groups in total. The van der Waals surface area contributed by atoms with Crippen LogP contribution in [0.1, 0.15) is 46.3 Å². The van der Waals surface area contributed by atoms with Crippen molar-refractivity contribution in [1.29, 1.82) is 5.26 Å². The summed E-state index contributed by atoms with van der Waals surface area (Å²) in [5.41, 5.74) is 6.25. The molecular formula is C40H50N6O5. The number of para-hydroxylation sites is 2. The van der Waals surface area contributed by atoms with Gasteiger partial charge in [-0.2, -0.15) is 5.26 Å². The van der Waals surface area contributed by atoms with Crippen molar-refractivity contribution in [2.75, 3.05) is 85.3 Å². The van der Waals surface area contributed by atoms with E-state index in [1.165, 1.54) is 16.7 Å². The summed E-state index contributed by atoms with van der Waals surface area (Å²) in [6.45, 7) is 11.5. The largest absolute Gasteiger partial charge is 0.493 e. The van der Waals surface area contributed by atoms with Gasteiger partial charge in [-0.25, -0.2) is 4.98 Å². The van der Waals surface area contributed by atoms with E-state index in [9.17, 15) is 4.79 Å². The van der Waals surface area contributed by atoms with Crippen molar-refractivity contribution in [3.8, 4) is 23.3 Å². The number of imidazole rings is 1. The summed E-state index contributed by atoms with van der Waals surface area (Å²) in [5.74, 6) is 2.34. The number of methoxy groups -OCH3 is 3. The predicted molar refractivity (Wildman–Crippen MR) is 198 cm³/mol. The zero-order chi connectivity index (χ0) is 36.0. The van der Waals surface area contributed by atoms with Crippen LogP contribution in [0.3, 0.4) is 0 Å². The molecule has 4 aromatic rings. The molecule has 2 aliphatic rings. The third-order valence-electron chi connectivity index (χ3n) is 10.7. The molecule has 1 atom stereocenters. The second kappa shape index (κ2) is 16.0. The lowest BCUT2D eigenvalue weighted by molar-refractivity contribution is 0.0780. The molecule has 3 aromatic carbocycles. The van der Waals surface area contributed by atoms with Crippen molar-refractivity contribution >= 4 is 22.9 Å². The van der Waals surface area contributed by atoms with E-state index in [0.717, 1.165) is 69.0 Å². The standard InChI is InChI=1S/C40H50N6O5/c1-29-11-12-32(25-30(29)2)40(14-19-45(28-40)38(47)31-26-35(48-3)37(50-5)36(27-31)49-4)13-18-43-16-8-17-44(21-20-43)39-42-33-9-6-7-10-34(33)46(39)22-24-51-23-15-41/h6-7,9-12,25-27H,8,13-14,16-24,28H2,1-5H3. The summed E-state index contributed by atoms with van der Waals surface area (Å²) in [5, 5.41) is 8.93. The van der Waals surface area contributed by atoms with E-state index >= 15 is 0 Å². The van der Waals surface area contributed by atoms with Crippen LogP contribution in [0, 0.1) is 25.2 Å². The third kappa shape index (κ3) is 7.63. The molecule has 2 saturated heterocycles. The number of hydrogen-bond acceptors (Lipinski definition) is 9. The van der Waals surface area contributed by atoms with Crippen LogP contribution in [-0.2, 0) is 16.7 Å². The molecule has 0 bridgehead atoms. The maximum absolute atomic E-state index is 14.1. The number of ether oxygens (including phenoxy) is 4. The van der Waals surface area contributed by atoms with Crippen LogP contribution in [-0.4, -0.2) is 106 Å². The van der Waals surface area contributed by atoms with Gasteiger partial charge in [0.1, 0.15) is 6.61 Å². The van der Waals surface area contributed by atoms with Gasteiger partial charge in [0.15, 0.2) is 11.5 Å². The van der Waals surface area contributed by atoms with Gasteiger partial charge in [-0.05, 0) is 87.2 Å². The Morgan fingerprint density at radius 3 is 2.41 bits per heavy atom. The van der Waals surface area contributed by atoms with Crippen molar-refractivity contribution in [3.63, 3.8) is 0 Å². The smallest absolute Gasteiger partial charge is 0.254 e. The van der Waals surface area contributed by atoms with Crippen LogP contribution in [0.4, 0.5) is 5.95 Å². The molecule has 1 aromatic heterocycles. The first-order chi connectivity index (χ1) is 24.8.